The molecule has 2 N–H and O–H groups in total. The fraction of sp³-hybridized carbons (Fsp3) is 0.267. The first-order valence-corrected chi connectivity index (χ1v) is 6.68. The van der Waals surface area contributed by atoms with E-state index >= 15 is 0 Å². The van der Waals surface area contributed by atoms with Crippen molar-refractivity contribution in [1.29, 1.82) is 5.26 Å². The summed E-state index contributed by atoms with van der Waals surface area (Å²) in [5, 5.41) is 14.8. The molecule has 6 heteroatoms. The van der Waals surface area contributed by atoms with Gasteiger partial charge < -0.3 is 10.6 Å². The van der Waals surface area contributed by atoms with E-state index in [-0.39, 0.29) is 5.82 Å². The molecule has 0 aliphatic carbocycles. The highest BCUT2D eigenvalue weighted by Crippen LogP contribution is 2.22. The average Bonchev–Trinajstić information content (AvgIpc) is 2.50. The van der Waals surface area contributed by atoms with Gasteiger partial charge in [0.15, 0.2) is 11.6 Å². The van der Waals surface area contributed by atoms with Crippen LogP contribution in [0, 0.1) is 24.1 Å². The van der Waals surface area contributed by atoms with Gasteiger partial charge >= 0.3 is 0 Å². The van der Waals surface area contributed by atoms with Gasteiger partial charge in [0, 0.05) is 12.2 Å². The first-order valence-electron chi connectivity index (χ1n) is 6.68. The number of aryl methyl sites for hydroxylation is 1. The third-order valence-electron chi connectivity index (χ3n) is 2.90. The van der Waals surface area contributed by atoms with Crippen molar-refractivity contribution in [3.05, 3.63) is 41.3 Å². The van der Waals surface area contributed by atoms with Gasteiger partial charge in [-0.3, -0.25) is 0 Å². The van der Waals surface area contributed by atoms with Gasteiger partial charge in [0.2, 0.25) is 5.95 Å². The first kappa shape index (κ1) is 14.7. The second-order valence-corrected chi connectivity index (χ2v) is 4.58. The molecule has 1 aromatic carbocycles. The lowest BCUT2D eigenvalue weighted by atomic mass is 10.1. The van der Waals surface area contributed by atoms with Crippen LogP contribution in [0.2, 0.25) is 0 Å². The van der Waals surface area contributed by atoms with Crippen molar-refractivity contribution in [2.24, 2.45) is 0 Å². The van der Waals surface area contributed by atoms with Gasteiger partial charge in [-0.25, -0.2) is 9.37 Å². The summed E-state index contributed by atoms with van der Waals surface area (Å²) in [6.07, 6.45) is 2.05. The van der Waals surface area contributed by atoms with Crippen molar-refractivity contribution >= 4 is 17.5 Å². The molecule has 0 saturated carbocycles. The molecule has 0 fully saturated rings. The number of nitrogens with zero attached hydrogens (tertiary/aromatic N) is 3. The van der Waals surface area contributed by atoms with Crippen molar-refractivity contribution in [2.75, 3.05) is 17.2 Å². The highest BCUT2D eigenvalue weighted by molar-refractivity contribution is 5.63. The number of benzene rings is 1. The normalized spacial score (nSPS) is 10.0. The van der Waals surface area contributed by atoms with E-state index in [0.29, 0.717) is 23.7 Å². The molecule has 2 rings (SSSR count). The van der Waals surface area contributed by atoms with Gasteiger partial charge in [-0.05, 0) is 31.0 Å². The summed E-state index contributed by atoms with van der Waals surface area (Å²) in [7, 11) is 0. The molecule has 1 heterocycles. The zero-order chi connectivity index (χ0) is 15.2. The van der Waals surface area contributed by atoms with Crippen LogP contribution in [0.3, 0.4) is 0 Å². The van der Waals surface area contributed by atoms with E-state index in [0.717, 1.165) is 18.2 Å². The number of hydrogen-bond donors (Lipinski definition) is 2. The van der Waals surface area contributed by atoms with E-state index in [1.54, 1.807) is 18.2 Å². The maximum Gasteiger partial charge on any atom is 0.224 e. The summed E-state index contributed by atoms with van der Waals surface area (Å²) >= 11 is 0. The van der Waals surface area contributed by atoms with Crippen LogP contribution in [0.4, 0.5) is 21.8 Å². The third kappa shape index (κ3) is 3.66. The van der Waals surface area contributed by atoms with Gasteiger partial charge in [-0.1, -0.05) is 13.0 Å². The Bertz CT molecular complexity index is 678. The highest BCUT2D eigenvalue weighted by atomic mass is 19.1. The molecule has 5 nitrogen and oxygen atoms in total. The van der Waals surface area contributed by atoms with Crippen LogP contribution in [0.1, 0.15) is 24.5 Å². The van der Waals surface area contributed by atoms with Gasteiger partial charge in [-0.15, -0.1) is 0 Å². The molecule has 108 valence electrons. The van der Waals surface area contributed by atoms with Crippen LogP contribution >= 0.6 is 0 Å². The number of anilines is 3. The smallest absolute Gasteiger partial charge is 0.224 e. The summed E-state index contributed by atoms with van der Waals surface area (Å²) in [5.74, 6) is -0.0876. The Morgan fingerprint density at radius 3 is 2.90 bits per heavy atom. The number of rotatable bonds is 5. The first-order chi connectivity index (χ1) is 10.1. The van der Waals surface area contributed by atoms with Gasteiger partial charge in [0.05, 0.1) is 17.8 Å². The zero-order valence-electron chi connectivity index (χ0n) is 11.9. The Morgan fingerprint density at radius 2 is 2.19 bits per heavy atom. The van der Waals surface area contributed by atoms with Crippen molar-refractivity contribution in [1.82, 2.24) is 9.97 Å². The second-order valence-electron chi connectivity index (χ2n) is 4.58. The predicted octanol–water partition coefficient (Wildman–Crippen LogP) is 3.36. The molecule has 0 bridgehead atoms. The van der Waals surface area contributed by atoms with Gasteiger partial charge in [0.25, 0.3) is 0 Å². The minimum absolute atomic E-state index is 0.0850. The quantitative estimate of drug-likeness (QED) is 0.881. The van der Waals surface area contributed by atoms with Crippen molar-refractivity contribution in [2.45, 2.75) is 20.3 Å². The maximum absolute atomic E-state index is 13.8. The van der Waals surface area contributed by atoms with Crippen LogP contribution in [-0.2, 0) is 0 Å². The van der Waals surface area contributed by atoms with E-state index in [1.165, 1.54) is 0 Å². The molecule has 0 spiro atoms. The van der Waals surface area contributed by atoms with Crippen molar-refractivity contribution in [3.8, 4) is 6.07 Å². The summed E-state index contributed by atoms with van der Waals surface area (Å²) in [6.45, 7) is 4.61. The molecule has 0 saturated heterocycles. The monoisotopic (exact) mass is 285 g/mol. The Morgan fingerprint density at radius 1 is 1.38 bits per heavy atom. The summed E-state index contributed by atoms with van der Waals surface area (Å²) in [4.78, 5) is 8.00. The Hall–Kier alpha value is -2.68. The third-order valence-corrected chi connectivity index (χ3v) is 2.90. The largest absolute Gasteiger partial charge is 0.354 e. The van der Waals surface area contributed by atoms with E-state index in [4.69, 9.17) is 5.26 Å². The lowest BCUT2D eigenvalue weighted by molar-refractivity contribution is 0.619. The summed E-state index contributed by atoms with van der Waals surface area (Å²) < 4.78 is 13.8. The Balaban J connectivity index is 2.28. The number of aromatic nitrogens is 2. The molecule has 0 aliphatic heterocycles. The minimum Gasteiger partial charge on any atom is -0.354 e. The van der Waals surface area contributed by atoms with E-state index < -0.39 is 5.82 Å². The molecule has 0 unspecified atom stereocenters. The van der Waals surface area contributed by atoms with Crippen LogP contribution in [0.15, 0.2) is 24.4 Å². The molecular weight excluding hydrogens is 269 g/mol. The molecule has 0 aliphatic rings. The Labute approximate surface area is 122 Å². The van der Waals surface area contributed by atoms with Crippen LogP contribution < -0.4 is 10.6 Å². The molecular formula is C15H16FN5. The fourth-order valence-electron chi connectivity index (χ4n) is 1.73. The molecule has 2 aromatic rings. The number of hydrogen-bond acceptors (Lipinski definition) is 5. The van der Waals surface area contributed by atoms with Gasteiger partial charge in [0.1, 0.15) is 0 Å². The molecule has 21 heavy (non-hydrogen) atoms. The van der Waals surface area contributed by atoms with Gasteiger partial charge in [-0.2, -0.15) is 10.2 Å². The topological polar surface area (TPSA) is 73.6 Å². The minimum atomic E-state index is -0.543. The summed E-state index contributed by atoms with van der Waals surface area (Å²) in [5.41, 5.74) is 2.05. The Kier molecular flexibility index (Phi) is 4.67. The van der Waals surface area contributed by atoms with E-state index in [9.17, 15) is 4.39 Å². The standard InChI is InChI=1S/C15H16FN5/c1-3-6-18-15-19-9-12(16)14(21-15)20-13-7-11(8-17)5-4-10(13)2/h4-5,7,9H,3,6H2,1-2H3,(H2,18,19,20,21). The molecule has 0 amide bonds. The SMILES string of the molecule is CCCNc1ncc(F)c(Nc2cc(C#N)ccc2C)n1. The summed E-state index contributed by atoms with van der Waals surface area (Å²) in [6, 6.07) is 7.23. The van der Waals surface area contributed by atoms with E-state index in [2.05, 4.69) is 26.7 Å². The maximum atomic E-state index is 13.8. The average molecular weight is 285 g/mol. The molecule has 1 aromatic heterocycles. The number of nitrogens with one attached hydrogen (secondary N) is 2. The predicted molar refractivity (Wildman–Crippen MR) is 79.9 cm³/mol. The van der Waals surface area contributed by atoms with Crippen molar-refractivity contribution in [3.63, 3.8) is 0 Å². The van der Waals surface area contributed by atoms with Crippen LogP contribution in [0.25, 0.3) is 0 Å². The lowest BCUT2D eigenvalue weighted by Gasteiger charge is -2.11. The molecule has 0 atom stereocenters. The lowest BCUT2D eigenvalue weighted by Crippen LogP contribution is -2.07. The van der Waals surface area contributed by atoms with Crippen LogP contribution in [0.5, 0.6) is 0 Å². The highest BCUT2D eigenvalue weighted by Gasteiger charge is 2.09. The second kappa shape index (κ2) is 6.66. The number of nitriles is 1. The van der Waals surface area contributed by atoms with Crippen molar-refractivity contribution < 1.29 is 4.39 Å². The van der Waals surface area contributed by atoms with E-state index in [1.807, 2.05) is 13.8 Å². The zero-order valence-corrected chi connectivity index (χ0v) is 11.9. The number of halogens is 1. The molecule has 0 radical (unpaired) electrons. The van der Waals surface area contributed by atoms with Crippen LogP contribution in [-0.4, -0.2) is 16.5 Å². The fourth-order valence-corrected chi connectivity index (χ4v) is 1.73.